The monoisotopic (exact) mass is 644 g/mol. The summed E-state index contributed by atoms with van der Waals surface area (Å²) in [6.07, 6.45) is 3.42. The Bertz CT molecular complexity index is 493. The molecule has 10 heteroatoms. The summed E-state index contributed by atoms with van der Waals surface area (Å²) < 4.78 is -0.872. The Hall–Kier alpha value is -0.0653. The quantitative estimate of drug-likeness (QED) is 0.233. The molecule has 0 aromatic rings. The van der Waals surface area contributed by atoms with Crippen molar-refractivity contribution in [1.29, 1.82) is 0 Å². The van der Waals surface area contributed by atoms with Gasteiger partial charge in [-0.05, 0) is 0 Å². The van der Waals surface area contributed by atoms with Crippen LogP contribution in [0.15, 0.2) is 0 Å². The topological polar surface area (TPSA) is 149 Å². The summed E-state index contributed by atoms with van der Waals surface area (Å²) in [7, 11) is 0. The zero-order chi connectivity index (χ0) is 19.7. The van der Waals surface area contributed by atoms with Gasteiger partial charge in [0, 0.05) is 39.9 Å². The minimum Gasteiger partial charge on any atom is 0 e. The van der Waals surface area contributed by atoms with Crippen molar-refractivity contribution in [3.8, 4) is 0 Å². The second kappa shape index (κ2) is 13.2. The smallest absolute Gasteiger partial charge is 0 e. The standard InChI is InChI=1S/C17H27IO8.Gd/c19-13(20)8-12-6-4-2-1-3-5-7-18(11-16(25)26)17(12,9-14(21)22)10-15(23)24;/h12H,1-11H2,(H,19,20)(H,21,22)(H,23,24)(H,25,26);. The van der Waals surface area contributed by atoms with Gasteiger partial charge in [-0.1, -0.05) is 0 Å². The van der Waals surface area contributed by atoms with E-state index >= 15 is 0 Å². The third-order valence-electron chi connectivity index (χ3n) is 4.77. The van der Waals surface area contributed by atoms with Crippen LogP contribution in [0.1, 0.15) is 57.8 Å². The van der Waals surface area contributed by atoms with Gasteiger partial charge in [0.25, 0.3) is 0 Å². The maximum Gasteiger partial charge on any atom is 0 e. The summed E-state index contributed by atoms with van der Waals surface area (Å²) in [6, 6.07) is 0. The zero-order valence-electron chi connectivity index (χ0n) is 15.0. The average Bonchev–Trinajstić information content (AvgIpc) is 2.48. The molecule has 0 amide bonds. The molecular formula is C17H27GdIO8. The maximum absolute atomic E-state index is 11.6. The number of aliphatic carboxylic acids is 4. The van der Waals surface area contributed by atoms with E-state index < -0.39 is 65.9 Å². The number of carbonyl (C=O) groups is 4. The van der Waals surface area contributed by atoms with Crippen LogP contribution in [0.4, 0.5) is 0 Å². The second-order valence-electron chi connectivity index (χ2n) is 6.70. The number of hydrogen-bond donors (Lipinski definition) is 4. The normalized spacial score (nSPS) is 21.5. The van der Waals surface area contributed by atoms with Crippen LogP contribution in [-0.4, -0.2) is 56.6 Å². The number of alkyl halides is 3. The SMILES string of the molecule is O=C(O)CC1CCCCCCCI(CC(=O)O)C1(CC(=O)O)CC(=O)O.[Gd]. The van der Waals surface area contributed by atoms with Crippen LogP contribution in [-0.2, 0) is 19.2 Å². The van der Waals surface area contributed by atoms with E-state index in [9.17, 15) is 39.6 Å². The van der Waals surface area contributed by atoms with Crippen molar-refractivity contribution in [3.05, 3.63) is 0 Å². The van der Waals surface area contributed by atoms with Crippen molar-refractivity contribution in [3.63, 3.8) is 0 Å². The summed E-state index contributed by atoms with van der Waals surface area (Å²) in [4.78, 5) is 46.1. The van der Waals surface area contributed by atoms with E-state index in [1.807, 2.05) is 0 Å². The average molecular weight is 644 g/mol. The first-order chi connectivity index (χ1) is 12.2. The van der Waals surface area contributed by atoms with Gasteiger partial charge in [-0.25, -0.2) is 0 Å². The molecule has 0 saturated carbocycles. The number of hydrogen-bond acceptors (Lipinski definition) is 4. The molecule has 0 spiro atoms. The molecule has 1 fully saturated rings. The van der Waals surface area contributed by atoms with Crippen molar-refractivity contribution in [1.82, 2.24) is 0 Å². The minimum absolute atomic E-state index is 0. The number of carboxylic acid groups (broad SMARTS) is 4. The zero-order valence-corrected chi connectivity index (χ0v) is 19.4. The van der Waals surface area contributed by atoms with Crippen LogP contribution in [0.5, 0.6) is 0 Å². The molecule has 1 unspecified atom stereocenters. The molecule has 1 rings (SSSR count). The van der Waals surface area contributed by atoms with Gasteiger partial charge in [0.05, 0.1) is 0 Å². The Morgan fingerprint density at radius 1 is 0.778 bits per heavy atom. The van der Waals surface area contributed by atoms with Gasteiger partial charge in [0.2, 0.25) is 0 Å². The Labute approximate surface area is 197 Å². The number of halogens is 1. The summed E-state index contributed by atoms with van der Waals surface area (Å²) in [6.45, 7) is 0. The summed E-state index contributed by atoms with van der Waals surface area (Å²) in [5.41, 5.74) is 0. The van der Waals surface area contributed by atoms with E-state index in [-0.39, 0.29) is 50.8 Å². The van der Waals surface area contributed by atoms with E-state index in [1.54, 1.807) is 0 Å². The molecule has 0 bridgehead atoms. The third kappa shape index (κ3) is 9.32. The molecular weight excluding hydrogens is 616 g/mol. The first kappa shape index (κ1) is 26.9. The molecule has 1 aliphatic heterocycles. The predicted molar refractivity (Wildman–Crippen MR) is 102 cm³/mol. The number of rotatable bonds is 8. The van der Waals surface area contributed by atoms with Crippen molar-refractivity contribution >= 4 is 43.7 Å². The molecule has 0 radical (unpaired) electrons. The minimum atomic E-state index is -2.63. The first-order valence-electron chi connectivity index (χ1n) is 8.66. The molecule has 0 aliphatic carbocycles. The predicted octanol–water partition coefficient (Wildman–Crippen LogP) is 2.71. The van der Waals surface area contributed by atoms with Crippen LogP contribution in [0.2, 0.25) is 0 Å². The van der Waals surface area contributed by atoms with E-state index in [1.165, 1.54) is 0 Å². The van der Waals surface area contributed by atoms with Crippen LogP contribution >= 0.6 is 19.8 Å². The van der Waals surface area contributed by atoms with Crippen LogP contribution in [0.3, 0.4) is 0 Å². The van der Waals surface area contributed by atoms with Crippen LogP contribution in [0, 0.1) is 45.9 Å². The van der Waals surface area contributed by atoms with Gasteiger partial charge in [0.15, 0.2) is 0 Å². The summed E-state index contributed by atoms with van der Waals surface area (Å²) >= 11 is -2.63. The molecule has 1 saturated heterocycles. The first-order valence-corrected chi connectivity index (χ1v) is 12.8. The third-order valence-corrected chi connectivity index (χ3v) is 13.1. The number of carboxylic acids is 4. The molecule has 4 N–H and O–H groups in total. The largest absolute Gasteiger partial charge is 0 e. The summed E-state index contributed by atoms with van der Waals surface area (Å²) in [5, 5.41) is 37.6. The molecule has 27 heavy (non-hydrogen) atoms. The van der Waals surface area contributed by atoms with E-state index in [0.29, 0.717) is 17.3 Å². The Morgan fingerprint density at radius 3 is 1.78 bits per heavy atom. The van der Waals surface area contributed by atoms with Crippen molar-refractivity contribution in [2.45, 2.75) is 61.2 Å². The fraction of sp³-hybridized carbons (Fsp3) is 0.765. The van der Waals surface area contributed by atoms with Crippen molar-refractivity contribution < 1.29 is 79.5 Å². The molecule has 0 aromatic heterocycles. The fourth-order valence-electron chi connectivity index (χ4n) is 3.72. The van der Waals surface area contributed by atoms with Crippen molar-refractivity contribution in [2.75, 3.05) is 8.86 Å². The van der Waals surface area contributed by atoms with Crippen molar-refractivity contribution in [2.24, 2.45) is 5.92 Å². The van der Waals surface area contributed by atoms with Crippen LogP contribution in [0.25, 0.3) is 0 Å². The van der Waals surface area contributed by atoms with Gasteiger partial charge in [0.1, 0.15) is 0 Å². The molecule has 0 aromatic carbocycles. The van der Waals surface area contributed by atoms with Gasteiger partial charge < -0.3 is 0 Å². The van der Waals surface area contributed by atoms with Gasteiger partial charge in [-0.2, -0.15) is 0 Å². The maximum atomic E-state index is 11.6. The molecule has 8 nitrogen and oxygen atoms in total. The molecule has 1 atom stereocenters. The van der Waals surface area contributed by atoms with Crippen LogP contribution < -0.4 is 0 Å². The van der Waals surface area contributed by atoms with E-state index in [4.69, 9.17) is 0 Å². The second-order valence-corrected chi connectivity index (χ2v) is 13.3. The Balaban J connectivity index is 0.00000676. The molecule has 1 heterocycles. The van der Waals surface area contributed by atoms with Gasteiger partial charge in [-0.15, -0.1) is 0 Å². The fourth-order valence-corrected chi connectivity index (χ4v) is 11.7. The van der Waals surface area contributed by atoms with E-state index in [2.05, 4.69) is 0 Å². The Morgan fingerprint density at radius 2 is 1.30 bits per heavy atom. The van der Waals surface area contributed by atoms with Gasteiger partial charge in [-0.3, -0.25) is 0 Å². The molecule has 1 aliphatic rings. The van der Waals surface area contributed by atoms with E-state index in [0.717, 1.165) is 25.7 Å². The Kier molecular flexibility index (Phi) is 13.2. The van der Waals surface area contributed by atoms with Gasteiger partial charge >= 0.3 is 159 Å². The molecule has 158 valence electrons. The summed E-state index contributed by atoms with van der Waals surface area (Å²) in [5.74, 6) is -5.15.